The van der Waals surface area contributed by atoms with E-state index in [0.29, 0.717) is 12.8 Å². The molecule has 1 fully saturated rings. The number of carboxylic acid groups (broad SMARTS) is 2. The van der Waals surface area contributed by atoms with Gasteiger partial charge >= 0.3 is 11.9 Å². The molecule has 20 heteroatoms. The first-order chi connectivity index (χ1) is 20.3. The van der Waals surface area contributed by atoms with Crippen molar-refractivity contribution < 1.29 is 53.7 Å². The van der Waals surface area contributed by atoms with Crippen LogP contribution in [0.3, 0.4) is 0 Å². The standard InChI is InChI=1S/C23H37N7O11S2/c24-4-2-1-3-10-18(36)28-13(7-31)21(39)29-15(9-43)23(41)30-14(8-42)22(40)27-12(6-17(34)35)20(38)26-11(5-16(32)33)19(37)25-10/h10-15,31,42-43H,1-9,24H2,(H,25,37)(H,26,38)(H,27,40)(H,28,36)(H,29,39)(H,30,41)(H,32,33)(H,34,35)/t10-,11-,12-,13-,14-,15-/m0/s1. The second kappa shape index (κ2) is 18.8. The summed E-state index contributed by atoms with van der Waals surface area (Å²) < 4.78 is 0. The number of unbranched alkanes of at least 4 members (excludes halogenated alkanes) is 1. The molecule has 0 spiro atoms. The average Bonchev–Trinajstić information content (AvgIpc) is 2.94. The van der Waals surface area contributed by atoms with E-state index < -0.39 is 103 Å². The highest BCUT2D eigenvalue weighted by molar-refractivity contribution is 7.80. The summed E-state index contributed by atoms with van der Waals surface area (Å²) in [7, 11) is 0. The van der Waals surface area contributed by atoms with Gasteiger partial charge in [0.15, 0.2) is 0 Å². The molecule has 1 rings (SSSR count). The highest BCUT2D eigenvalue weighted by Crippen LogP contribution is 2.06. The maximum absolute atomic E-state index is 13.1. The monoisotopic (exact) mass is 651 g/mol. The van der Waals surface area contributed by atoms with Crippen molar-refractivity contribution in [3.05, 3.63) is 0 Å². The highest BCUT2D eigenvalue weighted by atomic mass is 32.1. The smallest absolute Gasteiger partial charge is 0.305 e. The summed E-state index contributed by atoms with van der Waals surface area (Å²) in [5.74, 6) is -10.1. The number of aliphatic hydroxyl groups excluding tert-OH is 1. The molecule has 1 saturated heterocycles. The van der Waals surface area contributed by atoms with Crippen LogP contribution < -0.4 is 37.6 Å². The molecule has 1 heterocycles. The number of carbonyl (C=O) groups is 8. The van der Waals surface area contributed by atoms with E-state index in [2.05, 4.69) is 57.2 Å². The molecule has 1 aliphatic heterocycles. The zero-order valence-electron chi connectivity index (χ0n) is 22.9. The summed E-state index contributed by atoms with van der Waals surface area (Å²) in [5, 5.41) is 41.7. The van der Waals surface area contributed by atoms with E-state index in [1.807, 2.05) is 0 Å². The zero-order chi connectivity index (χ0) is 32.7. The second-order valence-electron chi connectivity index (χ2n) is 9.39. The molecule has 6 atom stereocenters. The zero-order valence-corrected chi connectivity index (χ0v) is 24.7. The van der Waals surface area contributed by atoms with Gasteiger partial charge in [-0.3, -0.25) is 38.4 Å². The van der Waals surface area contributed by atoms with Crippen LogP contribution in [-0.2, 0) is 38.4 Å². The normalized spacial score (nSPS) is 26.4. The first kappa shape index (κ1) is 37.4. The average molecular weight is 652 g/mol. The van der Waals surface area contributed by atoms with Crippen LogP contribution in [0.2, 0.25) is 0 Å². The Bertz CT molecular complexity index is 1060. The predicted molar refractivity (Wildman–Crippen MR) is 154 cm³/mol. The largest absolute Gasteiger partial charge is 0.481 e. The Morgan fingerprint density at radius 3 is 1.28 bits per heavy atom. The minimum atomic E-state index is -1.84. The van der Waals surface area contributed by atoms with E-state index in [0.717, 1.165) is 0 Å². The lowest BCUT2D eigenvalue weighted by molar-refractivity contribution is -0.143. The van der Waals surface area contributed by atoms with Gasteiger partial charge in [0, 0.05) is 11.5 Å². The van der Waals surface area contributed by atoms with Crippen molar-refractivity contribution in [2.75, 3.05) is 24.7 Å². The van der Waals surface area contributed by atoms with E-state index in [1.165, 1.54) is 0 Å². The Kier molecular flexibility index (Phi) is 16.4. The van der Waals surface area contributed by atoms with E-state index in [9.17, 15) is 53.7 Å². The molecular weight excluding hydrogens is 614 g/mol. The molecule has 11 N–H and O–H groups in total. The van der Waals surface area contributed by atoms with E-state index >= 15 is 0 Å². The lowest BCUT2D eigenvalue weighted by Gasteiger charge is -2.27. The number of nitrogens with two attached hydrogens (primary N) is 1. The van der Waals surface area contributed by atoms with Crippen LogP contribution in [0.5, 0.6) is 0 Å². The second-order valence-corrected chi connectivity index (χ2v) is 10.1. The fourth-order valence-corrected chi connectivity index (χ4v) is 4.26. The van der Waals surface area contributed by atoms with E-state index in [-0.39, 0.29) is 24.5 Å². The van der Waals surface area contributed by atoms with Gasteiger partial charge in [0.05, 0.1) is 19.4 Å². The molecule has 1 aliphatic rings. The lowest BCUT2D eigenvalue weighted by Crippen LogP contribution is -2.62. The Balaban J connectivity index is 3.57. The number of thiol groups is 2. The SMILES string of the molecule is NCCCC[C@@H]1NC(=O)[C@H](CC(=O)O)NC(=O)[C@H](CC(=O)O)NC(=O)[C@H](CS)NC(=O)[C@H](CS)NC(=O)[C@H](CO)NC1=O. The van der Waals surface area contributed by atoms with Crippen LogP contribution in [-0.4, -0.2) is 124 Å². The minimum absolute atomic E-state index is 0.0488. The number of hydrogen-bond donors (Lipinski definition) is 12. The summed E-state index contributed by atoms with van der Waals surface area (Å²) in [6.45, 7) is -0.689. The fourth-order valence-electron chi connectivity index (χ4n) is 3.75. The summed E-state index contributed by atoms with van der Waals surface area (Å²) in [4.78, 5) is 101. The van der Waals surface area contributed by atoms with Gasteiger partial charge in [0.2, 0.25) is 35.4 Å². The number of aliphatic carboxylic acids is 2. The molecule has 18 nitrogen and oxygen atoms in total. The van der Waals surface area contributed by atoms with Gasteiger partial charge in [-0.2, -0.15) is 25.3 Å². The number of aliphatic hydroxyl groups is 1. The predicted octanol–water partition coefficient (Wildman–Crippen LogP) is -5.16. The number of carboxylic acids is 2. The van der Waals surface area contributed by atoms with Gasteiger partial charge in [0.1, 0.15) is 36.3 Å². The Labute approximate surface area is 256 Å². The summed E-state index contributed by atoms with van der Waals surface area (Å²) >= 11 is 8.00. The van der Waals surface area contributed by atoms with Crippen LogP contribution >= 0.6 is 25.3 Å². The molecule has 0 aromatic heterocycles. The Morgan fingerprint density at radius 1 is 0.581 bits per heavy atom. The third-order valence-electron chi connectivity index (χ3n) is 6.05. The number of hydrogen-bond acceptors (Lipinski definition) is 12. The molecular formula is C23H37N7O11S2. The number of nitrogens with one attached hydrogen (secondary N) is 6. The van der Waals surface area contributed by atoms with Crippen molar-refractivity contribution >= 4 is 72.6 Å². The Morgan fingerprint density at radius 2 is 0.907 bits per heavy atom. The maximum atomic E-state index is 13.1. The van der Waals surface area contributed by atoms with Crippen LogP contribution in [0.25, 0.3) is 0 Å². The molecule has 0 radical (unpaired) electrons. The summed E-state index contributed by atoms with van der Waals surface area (Å²) in [5.41, 5.74) is 5.49. The van der Waals surface area contributed by atoms with Crippen LogP contribution in [0, 0.1) is 0 Å². The third kappa shape index (κ3) is 12.6. The van der Waals surface area contributed by atoms with Crippen LogP contribution in [0.4, 0.5) is 0 Å². The highest BCUT2D eigenvalue weighted by Gasteiger charge is 2.35. The van der Waals surface area contributed by atoms with Crippen molar-refractivity contribution in [3.63, 3.8) is 0 Å². The maximum Gasteiger partial charge on any atom is 0.305 e. The molecule has 0 bridgehead atoms. The molecule has 0 unspecified atom stereocenters. The Hall–Kier alpha value is -3.62. The van der Waals surface area contributed by atoms with Crippen LogP contribution in [0.15, 0.2) is 0 Å². The number of amides is 6. The quantitative estimate of drug-likeness (QED) is 0.0738. The van der Waals surface area contributed by atoms with Crippen molar-refractivity contribution in [3.8, 4) is 0 Å². The molecule has 0 aliphatic carbocycles. The third-order valence-corrected chi connectivity index (χ3v) is 6.78. The van der Waals surface area contributed by atoms with Gasteiger partial charge in [-0.05, 0) is 25.8 Å². The van der Waals surface area contributed by atoms with Gasteiger partial charge in [-0.25, -0.2) is 0 Å². The van der Waals surface area contributed by atoms with Crippen molar-refractivity contribution in [2.45, 2.75) is 68.4 Å². The molecule has 0 aromatic rings. The summed E-state index contributed by atoms with van der Waals surface area (Å²) in [6, 6.07) is -9.52. The molecule has 0 aromatic carbocycles. The van der Waals surface area contributed by atoms with E-state index in [4.69, 9.17) is 5.73 Å². The first-order valence-corrected chi connectivity index (χ1v) is 14.3. The summed E-state index contributed by atoms with van der Waals surface area (Å²) in [6.07, 6.45) is -1.32. The van der Waals surface area contributed by atoms with Crippen molar-refractivity contribution in [2.24, 2.45) is 5.73 Å². The number of rotatable bonds is 11. The van der Waals surface area contributed by atoms with Gasteiger partial charge in [-0.15, -0.1) is 0 Å². The molecule has 242 valence electrons. The molecule has 6 amide bonds. The van der Waals surface area contributed by atoms with E-state index in [1.54, 1.807) is 0 Å². The minimum Gasteiger partial charge on any atom is -0.481 e. The first-order valence-electron chi connectivity index (χ1n) is 13.1. The molecule has 43 heavy (non-hydrogen) atoms. The van der Waals surface area contributed by atoms with Crippen LogP contribution in [0.1, 0.15) is 32.1 Å². The number of carbonyl (C=O) groups excluding carboxylic acids is 6. The van der Waals surface area contributed by atoms with Gasteiger partial charge in [-0.1, -0.05) is 0 Å². The molecule has 0 saturated carbocycles. The lowest BCUT2D eigenvalue weighted by atomic mass is 10.1. The van der Waals surface area contributed by atoms with Gasteiger partial charge in [0.25, 0.3) is 0 Å². The topological polar surface area (TPSA) is 295 Å². The van der Waals surface area contributed by atoms with Crippen molar-refractivity contribution in [1.82, 2.24) is 31.9 Å². The van der Waals surface area contributed by atoms with Gasteiger partial charge < -0.3 is 53.0 Å². The van der Waals surface area contributed by atoms with Crippen molar-refractivity contribution in [1.29, 1.82) is 0 Å². The fraction of sp³-hybridized carbons (Fsp3) is 0.652.